The molecule has 0 bridgehead atoms. The van der Waals surface area contributed by atoms with Crippen molar-refractivity contribution in [2.45, 2.75) is 251 Å². The number of quaternary nitrogens is 1. The molecule has 0 spiro atoms. The number of esters is 2. The van der Waals surface area contributed by atoms with Crippen molar-refractivity contribution < 1.29 is 38.2 Å². The van der Waals surface area contributed by atoms with Gasteiger partial charge in [0.2, 0.25) is 0 Å². The molecule has 372 valence electrons. The van der Waals surface area contributed by atoms with Crippen LogP contribution in [0.1, 0.15) is 239 Å². The fourth-order valence-corrected chi connectivity index (χ4v) is 7.89. The van der Waals surface area contributed by atoms with Crippen LogP contribution in [0.5, 0.6) is 0 Å². The van der Waals surface area contributed by atoms with E-state index in [4.69, 9.17) is 14.2 Å². The Hall–Kier alpha value is -2.71. The summed E-state index contributed by atoms with van der Waals surface area (Å²) in [5.41, 5.74) is 0. The van der Waals surface area contributed by atoms with Gasteiger partial charge in [0, 0.05) is 19.3 Å². The highest BCUT2D eigenvalue weighted by atomic mass is 16.6. The third-order valence-corrected chi connectivity index (χ3v) is 12.0. The number of carbonyl (C=O) groups is 3. The number of carboxylic acids is 1. The minimum absolute atomic E-state index is 0.0514. The van der Waals surface area contributed by atoms with E-state index < -0.39 is 18.1 Å². The van der Waals surface area contributed by atoms with Gasteiger partial charge in [0.05, 0.1) is 34.4 Å². The zero-order valence-corrected chi connectivity index (χ0v) is 42.5. The predicted molar refractivity (Wildman–Crippen MR) is 271 cm³/mol. The quantitative estimate of drug-likeness (QED) is 0.0213. The number of hydrogen-bond acceptors (Lipinski definition) is 6. The number of hydrogen-bond donors (Lipinski definition) is 1. The van der Waals surface area contributed by atoms with Crippen LogP contribution in [-0.4, -0.2) is 80.6 Å². The van der Waals surface area contributed by atoms with Crippen LogP contribution in [0.15, 0.2) is 48.6 Å². The first-order chi connectivity index (χ1) is 31.1. The van der Waals surface area contributed by atoms with Crippen LogP contribution < -0.4 is 0 Å². The highest BCUT2D eigenvalue weighted by Crippen LogP contribution is 2.16. The molecule has 0 aromatic rings. The zero-order chi connectivity index (χ0) is 47.0. The number of rotatable bonds is 48. The van der Waals surface area contributed by atoms with Crippen LogP contribution in [0.4, 0.5) is 0 Å². The van der Waals surface area contributed by atoms with Gasteiger partial charge in [0.25, 0.3) is 0 Å². The molecule has 0 aromatic carbocycles. The lowest BCUT2D eigenvalue weighted by molar-refractivity contribution is -0.887. The number of carboxylic acid groups (broad SMARTS) is 1. The molecule has 0 amide bonds. The van der Waals surface area contributed by atoms with E-state index in [1.54, 1.807) is 0 Å². The molecule has 8 nitrogen and oxygen atoms in total. The molecule has 0 rings (SSSR count). The zero-order valence-electron chi connectivity index (χ0n) is 42.5. The van der Waals surface area contributed by atoms with Crippen molar-refractivity contribution in [2.75, 3.05) is 41.0 Å². The average molecular weight is 901 g/mol. The Morgan fingerprint density at radius 3 is 1.38 bits per heavy atom. The molecule has 0 aromatic heterocycles. The SMILES string of the molecule is CC/C=C/C/C=C/CCCCCCCCCCCCCCCCC(=O)OC(COCCC(C(=O)O)[N+](C)(C)C)COC(=O)CCCCCCCCCCCC/C=C/C=C/CCCCC. The molecule has 0 aliphatic heterocycles. The van der Waals surface area contributed by atoms with Gasteiger partial charge in [0.15, 0.2) is 12.1 Å². The first kappa shape index (κ1) is 61.3. The molecule has 0 fully saturated rings. The van der Waals surface area contributed by atoms with Gasteiger partial charge in [-0.25, -0.2) is 4.79 Å². The highest BCUT2D eigenvalue weighted by Gasteiger charge is 2.31. The Balaban J connectivity index is 4.20. The maximum Gasteiger partial charge on any atom is 0.362 e. The second kappa shape index (κ2) is 46.8. The maximum absolute atomic E-state index is 12.8. The molecule has 2 atom stereocenters. The molecule has 0 aliphatic carbocycles. The van der Waals surface area contributed by atoms with Gasteiger partial charge >= 0.3 is 17.9 Å². The fourth-order valence-electron chi connectivity index (χ4n) is 7.89. The fraction of sp³-hybridized carbons (Fsp3) is 0.804. The summed E-state index contributed by atoms with van der Waals surface area (Å²) in [4.78, 5) is 37.2. The number of carbonyl (C=O) groups excluding carboxylic acids is 2. The van der Waals surface area contributed by atoms with E-state index in [1.165, 1.54) is 154 Å². The third kappa shape index (κ3) is 44.5. The Morgan fingerprint density at radius 1 is 0.500 bits per heavy atom. The molecule has 0 aliphatic rings. The standard InChI is InChI=1S/C56H101NO7/c1-6-8-10-12-14-16-18-20-22-24-26-27-29-31-33-35-37-39-41-43-45-47-55(59)64-52(50-62-49-48-53(56(60)61)57(3,4)5)51-63-54(58)46-44-42-40-38-36-34-32-30-28-25-23-21-19-17-15-13-11-9-7-2/h8,10,14-17,19,21,52-53H,6-7,9,11-13,18,20,22-51H2,1-5H3/p+1/b10-8+,16-14+,17-15+,21-19+. The number of likely N-dealkylation sites (N-methyl/N-ethyl adjacent to an activating group) is 1. The van der Waals surface area contributed by atoms with Crippen LogP contribution in [0, 0.1) is 0 Å². The Morgan fingerprint density at radius 2 is 0.922 bits per heavy atom. The lowest BCUT2D eigenvalue weighted by atomic mass is 10.0. The van der Waals surface area contributed by atoms with Crippen molar-refractivity contribution in [2.24, 2.45) is 0 Å². The van der Waals surface area contributed by atoms with Crippen LogP contribution in [0.3, 0.4) is 0 Å². The van der Waals surface area contributed by atoms with Gasteiger partial charge in [-0.2, -0.15) is 0 Å². The monoisotopic (exact) mass is 901 g/mol. The normalized spacial score (nSPS) is 13.2. The van der Waals surface area contributed by atoms with Gasteiger partial charge in [0.1, 0.15) is 6.61 Å². The van der Waals surface area contributed by atoms with E-state index in [1.807, 2.05) is 21.1 Å². The summed E-state index contributed by atoms with van der Waals surface area (Å²) < 4.78 is 17.4. The van der Waals surface area contributed by atoms with E-state index in [0.29, 0.717) is 19.3 Å². The van der Waals surface area contributed by atoms with E-state index >= 15 is 0 Å². The number of unbranched alkanes of at least 4 members (excludes halogenated alkanes) is 27. The van der Waals surface area contributed by atoms with E-state index in [2.05, 4.69) is 62.5 Å². The van der Waals surface area contributed by atoms with E-state index in [9.17, 15) is 19.5 Å². The summed E-state index contributed by atoms with van der Waals surface area (Å²) in [6.07, 6.45) is 57.3. The predicted octanol–water partition coefficient (Wildman–Crippen LogP) is 15.5. The molecular formula is C56H102NO7+. The topological polar surface area (TPSA) is 99.1 Å². The summed E-state index contributed by atoms with van der Waals surface area (Å²) in [5, 5.41) is 9.66. The van der Waals surface area contributed by atoms with Crippen molar-refractivity contribution in [1.29, 1.82) is 0 Å². The number of ether oxygens (including phenoxy) is 3. The van der Waals surface area contributed by atoms with Crippen LogP contribution in [0.25, 0.3) is 0 Å². The van der Waals surface area contributed by atoms with Gasteiger partial charge in [-0.1, -0.05) is 204 Å². The largest absolute Gasteiger partial charge is 0.477 e. The molecule has 0 heterocycles. The van der Waals surface area contributed by atoms with Crippen LogP contribution in [0.2, 0.25) is 0 Å². The van der Waals surface area contributed by atoms with E-state index in [-0.39, 0.29) is 36.2 Å². The first-order valence-electron chi connectivity index (χ1n) is 26.7. The second-order valence-corrected chi connectivity index (χ2v) is 19.1. The van der Waals surface area contributed by atoms with Crippen molar-refractivity contribution in [3.05, 3.63) is 48.6 Å². The molecule has 0 saturated heterocycles. The number of allylic oxidation sites excluding steroid dienone is 8. The van der Waals surface area contributed by atoms with E-state index in [0.717, 1.165) is 51.4 Å². The van der Waals surface area contributed by atoms with Gasteiger partial charge in [-0.3, -0.25) is 9.59 Å². The van der Waals surface area contributed by atoms with Crippen molar-refractivity contribution >= 4 is 17.9 Å². The first-order valence-corrected chi connectivity index (χ1v) is 26.7. The molecule has 0 radical (unpaired) electrons. The van der Waals surface area contributed by atoms with Crippen molar-refractivity contribution in [3.8, 4) is 0 Å². The Bertz CT molecular complexity index is 1190. The van der Waals surface area contributed by atoms with Crippen molar-refractivity contribution in [1.82, 2.24) is 0 Å². The lowest BCUT2D eigenvalue weighted by Gasteiger charge is -2.31. The minimum atomic E-state index is -0.874. The lowest BCUT2D eigenvalue weighted by Crippen LogP contribution is -2.50. The molecule has 8 heteroatoms. The summed E-state index contributed by atoms with van der Waals surface area (Å²) in [6, 6.07) is -0.616. The minimum Gasteiger partial charge on any atom is -0.477 e. The summed E-state index contributed by atoms with van der Waals surface area (Å²) in [6.45, 7) is 4.64. The van der Waals surface area contributed by atoms with Crippen LogP contribution in [-0.2, 0) is 28.6 Å². The Labute approximate surface area is 395 Å². The summed E-state index contributed by atoms with van der Waals surface area (Å²) in [7, 11) is 5.54. The third-order valence-electron chi connectivity index (χ3n) is 12.0. The molecule has 2 unspecified atom stereocenters. The maximum atomic E-state index is 12.8. The number of aliphatic carboxylic acids is 1. The molecular weight excluding hydrogens is 799 g/mol. The summed E-state index contributed by atoms with van der Waals surface area (Å²) in [5.74, 6) is -1.46. The van der Waals surface area contributed by atoms with Gasteiger partial charge in [-0.15, -0.1) is 0 Å². The Kier molecular flexibility index (Phi) is 44.8. The van der Waals surface area contributed by atoms with Crippen molar-refractivity contribution in [3.63, 3.8) is 0 Å². The highest BCUT2D eigenvalue weighted by molar-refractivity contribution is 5.72. The molecule has 1 N–H and O–H groups in total. The summed E-state index contributed by atoms with van der Waals surface area (Å²) >= 11 is 0. The van der Waals surface area contributed by atoms with Crippen LogP contribution >= 0.6 is 0 Å². The smallest absolute Gasteiger partial charge is 0.362 e. The van der Waals surface area contributed by atoms with Gasteiger partial charge in [-0.05, 0) is 64.2 Å². The number of nitrogens with zero attached hydrogens (tertiary/aromatic N) is 1. The van der Waals surface area contributed by atoms with Gasteiger partial charge < -0.3 is 23.8 Å². The average Bonchev–Trinajstić information content (AvgIpc) is 3.26. The molecule has 0 saturated carbocycles. The molecule has 64 heavy (non-hydrogen) atoms. The second-order valence-electron chi connectivity index (χ2n) is 19.1.